The standard InChI is InChI=1S/C22H27N3O3S/c1-15(2)25-18-11-7-6-10-17(18)23-22(25)29-14-20(26)24(3)13-16-9-8-12-19(27-4)21(16)28-5/h6-12,15H,13-14H2,1-5H3. The van der Waals surface area contributed by atoms with E-state index in [4.69, 9.17) is 14.5 Å². The van der Waals surface area contributed by atoms with E-state index in [1.807, 2.05) is 36.4 Å². The van der Waals surface area contributed by atoms with Gasteiger partial charge in [-0.3, -0.25) is 4.79 Å². The summed E-state index contributed by atoms with van der Waals surface area (Å²) in [5.74, 6) is 1.66. The predicted molar refractivity (Wildman–Crippen MR) is 117 cm³/mol. The van der Waals surface area contributed by atoms with Crippen LogP contribution in [0.4, 0.5) is 0 Å². The smallest absolute Gasteiger partial charge is 0.233 e. The van der Waals surface area contributed by atoms with Gasteiger partial charge in [-0.05, 0) is 32.0 Å². The van der Waals surface area contributed by atoms with E-state index < -0.39 is 0 Å². The van der Waals surface area contributed by atoms with Crippen LogP contribution in [0.1, 0.15) is 25.5 Å². The first-order valence-electron chi connectivity index (χ1n) is 9.49. The number of benzene rings is 2. The van der Waals surface area contributed by atoms with Crippen LogP contribution in [0.5, 0.6) is 11.5 Å². The highest BCUT2D eigenvalue weighted by atomic mass is 32.2. The second-order valence-electron chi connectivity index (χ2n) is 7.04. The highest BCUT2D eigenvalue weighted by Crippen LogP contribution is 2.32. The number of hydrogen-bond acceptors (Lipinski definition) is 5. The number of methoxy groups -OCH3 is 2. The number of carbonyl (C=O) groups is 1. The number of thioether (sulfide) groups is 1. The lowest BCUT2D eigenvalue weighted by Crippen LogP contribution is -2.28. The van der Waals surface area contributed by atoms with Crippen molar-refractivity contribution < 1.29 is 14.3 Å². The third kappa shape index (κ3) is 4.50. The van der Waals surface area contributed by atoms with E-state index in [-0.39, 0.29) is 11.9 Å². The molecule has 1 heterocycles. The Bertz CT molecular complexity index is 1000. The molecule has 0 bridgehead atoms. The van der Waals surface area contributed by atoms with Crippen molar-refractivity contribution in [1.29, 1.82) is 0 Å². The van der Waals surface area contributed by atoms with Crippen LogP contribution in [0.25, 0.3) is 11.0 Å². The van der Waals surface area contributed by atoms with Crippen LogP contribution < -0.4 is 9.47 Å². The molecule has 0 aliphatic carbocycles. The number of fused-ring (bicyclic) bond motifs is 1. The Balaban J connectivity index is 1.72. The number of amides is 1. The number of carbonyl (C=O) groups excluding carboxylic acids is 1. The van der Waals surface area contributed by atoms with Crippen LogP contribution in [0.2, 0.25) is 0 Å². The molecular weight excluding hydrogens is 386 g/mol. The van der Waals surface area contributed by atoms with Gasteiger partial charge in [0.15, 0.2) is 16.7 Å². The summed E-state index contributed by atoms with van der Waals surface area (Å²) in [4.78, 5) is 19.2. The average molecular weight is 414 g/mol. The maximum Gasteiger partial charge on any atom is 0.233 e. The monoisotopic (exact) mass is 413 g/mol. The van der Waals surface area contributed by atoms with Crippen LogP contribution in [-0.2, 0) is 11.3 Å². The Hall–Kier alpha value is -2.67. The number of aromatic nitrogens is 2. The van der Waals surface area contributed by atoms with Gasteiger partial charge < -0.3 is 18.9 Å². The van der Waals surface area contributed by atoms with Crippen molar-refractivity contribution in [2.45, 2.75) is 31.6 Å². The number of hydrogen-bond donors (Lipinski definition) is 0. The van der Waals surface area contributed by atoms with E-state index in [9.17, 15) is 4.79 Å². The van der Waals surface area contributed by atoms with Crippen LogP contribution in [0.3, 0.4) is 0 Å². The van der Waals surface area contributed by atoms with E-state index in [1.54, 1.807) is 26.2 Å². The zero-order valence-corrected chi connectivity index (χ0v) is 18.3. The lowest BCUT2D eigenvalue weighted by molar-refractivity contribution is -0.127. The molecule has 0 saturated carbocycles. The van der Waals surface area contributed by atoms with E-state index >= 15 is 0 Å². The molecule has 0 N–H and O–H groups in total. The predicted octanol–water partition coefficient (Wildman–Crippen LogP) is 4.39. The minimum absolute atomic E-state index is 0.0298. The molecule has 1 aromatic heterocycles. The van der Waals surface area contributed by atoms with Gasteiger partial charge in [0, 0.05) is 25.2 Å². The molecule has 0 atom stereocenters. The first-order valence-corrected chi connectivity index (χ1v) is 10.5. The molecule has 7 heteroatoms. The molecule has 1 amide bonds. The molecule has 2 aromatic carbocycles. The largest absolute Gasteiger partial charge is 0.493 e. The minimum Gasteiger partial charge on any atom is -0.493 e. The highest BCUT2D eigenvalue weighted by molar-refractivity contribution is 7.99. The Labute approximate surface area is 175 Å². The Morgan fingerprint density at radius 1 is 1.14 bits per heavy atom. The molecule has 3 rings (SSSR count). The zero-order valence-electron chi connectivity index (χ0n) is 17.5. The van der Waals surface area contributed by atoms with Crippen molar-refractivity contribution in [3.63, 3.8) is 0 Å². The normalized spacial score (nSPS) is 11.1. The van der Waals surface area contributed by atoms with Gasteiger partial charge in [-0.25, -0.2) is 4.98 Å². The van der Waals surface area contributed by atoms with Crippen LogP contribution >= 0.6 is 11.8 Å². The molecule has 154 valence electrons. The van der Waals surface area contributed by atoms with E-state index in [2.05, 4.69) is 24.5 Å². The van der Waals surface area contributed by atoms with Crippen molar-refractivity contribution in [2.24, 2.45) is 0 Å². The van der Waals surface area contributed by atoms with Crippen molar-refractivity contribution in [2.75, 3.05) is 27.0 Å². The second kappa shape index (κ2) is 9.22. The molecule has 0 saturated heterocycles. The number of para-hydroxylation sites is 3. The first-order chi connectivity index (χ1) is 14.0. The van der Waals surface area contributed by atoms with Crippen molar-refractivity contribution >= 4 is 28.7 Å². The summed E-state index contributed by atoms with van der Waals surface area (Å²) < 4.78 is 13.0. The maximum absolute atomic E-state index is 12.8. The number of rotatable bonds is 8. The van der Waals surface area contributed by atoms with Gasteiger partial charge in [0.05, 0.1) is 31.0 Å². The number of imidazole rings is 1. The number of nitrogens with zero attached hydrogens (tertiary/aromatic N) is 3. The quantitative estimate of drug-likeness (QED) is 0.513. The highest BCUT2D eigenvalue weighted by Gasteiger charge is 2.18. The maximum atomic E-state index is 12.8. The van der Waals surface area contributed by atoms with Gasteiger partial charge in [0.25, 0.3) is 0 Å². The molecule has 0 spiro atoms. The zero-order chi connectivity index (χ0) is 21.0. The summed E-state index contributed by atoms with van der Waals surface area (Å²) in [6, 6.07) is 14.0. The summed E-state index contributed by atoms with van der Waals surface area (Å²) >= 11 is 1.47. The third-order valence-corrected chi connectivity index (χ3v) is 5.66. The number of ether oxygens (including phenoxy) is 2. The minimum atomic E-state index is 0.0298. The van der Waals surface area contributed by atoms with E-state index in [0.717, 1.165) is 21.8 Å². The van der Waals surface area contributed by atoms with E-state index in [1.165, 1.54) is 11.8 Å². The molecule has 3 aromatic rings. The lowest BCUT2D eigenvalue weighted by atomic mass is 10.1. The molecule has 6 nitrogen and oxygen atoms in total. The third-order valence-electron chi connectivity index (χ3n) is 4.72. The molecular formula is C22H27N3O3S. The topological polar surface area (TPSA) is 56.6 Å². The van der Waals surface area contributed by atoms with Gasteiger partial charge >= 0.3 is 0 Å². The fraction of sp³-hybridized carbons (Fsp3) is 0.364. The van der Waals surface area contributed by atoms with Crippen molar-refractivity contribution in [1.82, 2.24) is 14.5 Å². The molecule has 29 heavy (non-hydrogen) atoms. The molecule has 0 fully saturated rings. The summed E-state index contributed by atoms with van der Waals surface area (Å²) in [6.07, 6.45) is 0. The lowest BCUT2D eigenvalue weighted by Gasteiger charge is -2.20. The molecule has 0 aliphatic heterocycles. The van der Waals surface area contributed by atoms with Crippen LogP contribution in [0.15, 0.2) is 47.6 Å². The van der Waals surface area contributed by atoms with Crippen LogP contribution in [0, 0.1) is 0 Å². The van der Waals surface area contributed by atoms with Crippen LogP contribution in [-0.4, -0.2) is 47.4 Å². The summed E-state index contributed by atoms with van der Waals surface area (Å²) in [7, 11) is 5.01. The van der Waals surface area contributed by atoms with Gasteiger partial charge in [-0.15, -0.1) is 0 Å². The fourth-order valence-electron chi connectivity index (χ4n) is 3.28. The summed E-state index contributed by atoms with van der Waals surface area (Å²) in [6.45, 7) is 4.70. The Morgan fingerprint density at radius 2 is 1.90 bits per heavy atom. The van der Waals surface area contributed by atoms with Crippen molar-refractivity contribution in [3.8, 4) is 11.5 Å². The van der Waals surface area contributed by atoms with E-state index in [0.29, 0.717) is 23.8 Å². The van der Waals surface area contributed by atoms with Gasteiger partial charge in [-0.1, -0.05) is 36.0 Å². The van der Waals surface area contributed by atoms with Gasteiger partial charge in [-0.2, -0.15) is 0 Å². The average Bonchev–Trinajstić information content (AvgIpc) is 3.10. The van der Waals surface area contributed by atoms with Crippen molar-refractivity contribution in [3.05, 3.63) is 48.0 Å². The second-order valence-corrected chi connectivity index (χ2v) is 7.98. The Morgan fingerprint density at radius 3 is 2.59 bits per heavy atom. The molecule has 0 aliphatic rings. The van der Waals surface area contributed by atoms with Gasteiger partial charge in [0.2, 0.25) is 5.91 Å². The first kappa shape index (κ1) is 21.0. The summed E-state index contributed by atoms with van der Waals surface area (Å²) in [5.41, 5.74) is 2.94. The SMILES string of the molecule is COc1cccc(CN(C)C(=O)CSc2nc3ccccc3n2C(C)C)c1OC. The fourth-order valence-corrected chi connectivity index (χ4v) is 4.37. The van der Waals surface area contributed by atoms with Gasteiger partial charge in [0.1, 0.15) is 0 Å². The Kier molecular flexibility index (Phi) is 6.69. The molecule has 0 radical (unpaired) electrons. The molecule has 0 unspecified atom stereocenters. The summed E-state index contributed by atoms with van der Waals surface area (Å²) in [5, 5.41) is 0.863.